The van der Waals surface area contributed by atoms with Gasteiger partial charge in [-0.05, 0) is 30.7 Å². The molecule has 1 aromatic heterocycles. The molecule has 3 aromatic rings. The Morgan fingerprint density at radius 1 is 1.15 bits per heavy atom. The van der Waals surface area contributed by atoms with Crippen LogP contribution in [0.4, 0.5) is 0 Å². The summed E-state index contributed by atoms with van der Waals surface area (Å²) in [5.74, 6) is -0.208. The molecular weight excluding hydrogens is 250 g/mol. The third-order valence-electron chi connectivity index (χ3n) is 3.02. The molecule has 0 aliphatic carbocycles. The van der Waals surface area contributed by atoms with Gasteiger partial charge in [0.1, 0.15) is 5.52 Å². The van der Waals surface area contributed by atoms with Crippen molar-refractivity contribution in [3.05, 3.63) is 65.7 Å². The van der Waals surface area contributed by atoms with Crippen molar-refractivity contribution >= 4 is 23.0 Å². The Morgan fingerprint density at radius 3 is 2.85 bits per heavy atom. The summed E-state index contributed by atoms with van der Waals surface area (Å²) in [5, 5.41) is 7.86. The molecule has 0 atom stereocenters. The van der Waals surface area contributed by atoms with Crippen LogP contribution in [0.5, 0.6) is 0 Å². The maximum absolute atomic E-state index is 12.2. The number of rotatable bonds is 2. The number of benzene rings is 2. The molecule has 4 heteroatoms. The van der Waals surface area contributed by atoms with Crippen molar-refractivity contribution in [3.63, 3.8) is 0 Å². The molecule has 0 fully saturated rings. The lowest BCUT2D eigenvalue weighted by molar-refractivity contribution is 0.0958. The summed E-state index contributed by atoms with van der Waals surface area (Å²) in [4.78, 5) is 12.2. The molecule has 0 spiro atoms. The first-order valence-corrected chi connectivity index (χ1v) is 6.33. The molecule has 0 bridgehead atoms. The zero-order valence-electron chi connectivity index (χ0n) is 11.0. The first-order chi connectivity index (χ1) is 9.74. The lowest BCUT2D eigenvalue weighted by Gasteiger charge is -1.97. The molecule has 0 radical (unpaired) electrons. The summed E-state index contributed by atoms with van der Waals surface area (Å²) in [7, 11) is 0. The highest BCUT2D eigenvalue weighted by Crippen LogP contribution is 2.10. The van der Waals surface area contributed by atoms with Gasteiger partial charge >= 0.3 is 0 Å². The third-order valence-corrected chi connectivity index (χ3v) is 3.02. The average Bonchev–Trinajstić information content (AvgIpc) is 2.89. The van der Waals surface area contributed by atoms with Crippen LogP contribution in [0.1, 0.15) is 15.9 Å². The van der Waals surface area contributed by atoms with Crippen molar-refractivity contribution in [2.75, 3.05) is 0 Å². The van der Waals surface area contributed by atoms with Gasteiger partial charge in [-0.15, -0.1) is 5.10 Å². The summed E-state index contributed by atoms with van der Waals surface area (Å²) in [6, 6.07) is 15.3. The minimum absolute atomic E-state index is 0.208. The van der Waals surface area contributed by atoms with Crippen LogP contribution in [0.25, 0.3) is 17.1 Å². The smallest absolute Gasteiger partial charge is 0.267 e. The summed E-state index contributed by atoms with van der Waals surface area (Å²) in [5.41, 5.74) is 3.57. The fraction of sp³-hybridized carbons (Fsp3) is 0.0625. The van der Waals surface area contributed by atoms with E-state index in [1.807, 2.05) is 55.5 Å². The van der Waals surface area contributed by atoms with E-state index in [-0.39, 0.29) is 5.91 Å². The normalized spacial score (nSPS) is 11.2. The molecule has 0 unspecified atom stereocenters. The molecule has 0 saturated heterocycles. The van der Waals surface area contributed by atoms with E-state index in [1.54, 1.807) is 6.08 Å². The second kappa shape index (κ2) is 5.09. The van der Waals surface area contributed by atoms with Crippen molar-refractivity contribution in [1.82, 2.24) is 15.0 Å². The molecule has 98 valence electrons. The van der Waals surface area contributed by atoms with E-state index in [4.69, 9.17) is 0 Å². The van der Waals surface area contributed by atoms with Crippen LogP contribution in [0.2, 0.25) is 0 Å². The number of fused-ring (bicyclic) bond motifs is 1. The molecule has 20 heavy (non-hydrogen) atoms. The highest BCUT2D eigenvalue weighted by molar-refractivity contribution is 5.98. The van der Waals surface area contributed by atoms with Crippen molar-refractivity contribution in [3.8, 4) is 0 Å². The van der Waals surface area contributed by atoms with Gasteiger partial charge in [-0.3, -0.25) is 4.79 Å². The van der Waals surface area contributed by atoms with Gasteiger partial charge in [0.05, 0.1) is 5.52 Å². The third kappa shape index (κ3) is 2.36. The highest BCUT2D eigenvalue weighted by atomic mass is 16.2. The number of allylic oxidation sites excluding steroid dienone is 1. The second-order valence-corrected chi connectivity index (χ2v) is 4.58. The Hall–Kier alpha value is -2.75. The van der Waals surface area contributed by atoms with Gasteiger partial charge in [0.15, 0.2) is 0 Å². The van der Waals surface area contributed by atoms with Gasteiger partial charge in [-0.2, -0.15) is 4.68 Å². The first kappa shape index (κ1) is 12.3. The molecular formula is C16H13N3O. The maximum atomic E-state index is 12.2. The molecule has 4 nitrogen and oxygen atoms in total. The zero-order chi connectivity index (χ0) is 13.9. The molecule has 0 saturated carbocycles. The number of nitrogens with zero attached hydrogens (tertiary/aromatic N) is 3. The van der Waals surface area contributed by atoms with Gasteiger partial charge in [-0.1, -0.05) is 47.2 Å². The standard InChI is InChI=1S/C16H13N3O/c1-12-5-4-6-13(11-12)9-10-16(20)19-15-8-3-2-7-14(15)17-18-19/h2-11H,1H3/b10-9+. The number of aryl methyl sites for hydroxylation is 1. The van der Waals surface area contributed by atoms with Crippen molar-refractivity contribution in [2.45, 2.75) is 6.92 Å². The van der Waals surface area contributed by atoms with Gasteiger partial charge in [0.2, 0.25) is 0 Å². The van der Waals surface area contributed by atoms with Crippen LogP contribution in [0, 0.1) is 6.92 Å². The van der Waals surface area contributed by atoms with E-state index >= 15 is 0 Å². The Labute approximate surface area is 116 Å². The molecule has 0 aliphatic rings. The van der Waals surface area contributed by atoms with Gasteiger partial charge in [0.25, 0.3) is 5.91 Å². The Morgan fingerprint density at radius 2 is 2.00 bits per heavy atom. The first-order valence-electron chi connectivity index (χ1n) is 6.33. The summed E-state index contributed by atoms with van der Waals surface area (Å²) < 4.78 is 1.31. The SMILES string of the molecule is Cc1cccc(/C=C/C(=O)n2nnc3ccccc32)c1. The van der Waals surface area contributed by atoms with Crippen LogP contribution in [-0.2, 0) is 0 Å². The summed E-state index contributed by atoms with van der Waals surface area (Å²) in [6.45, 7) is 2.02. The fourth-order valence-electron chi connectivity index (χ4n) is 2.04. The molecule has 1 heterocycles. The van der Waals surface area contributed by atoms with E-state index in [0.717, 1.165) is 11.1 Å². The monoisotopic (exact) mass is 263 g/mol. The predicted octanol–water partition coefficient (Wildman–Crippen LogP) is 3.09. The van der Waals surface area contributed by atoms with Gasteiger partial charge in [-0.25, -0.2) is 0 Å². The van der Waals surface area contributed by atoms with Crippen molar-refractivity contribution in [1.29, 1.82) is 0 Å². The molecule has 0 aliphatic heterocycles. The maximum Gasteiger partial charge on any atom is 0.272 e. The predicted molar refractivity (Wildman–Crippen MR) is 78.4 cm³/mol. The minimum atomic E-state index is -0.208. The Kier molecular flexibility index (Phi) is 3.13. The van der Waals surface area contributed by atoms with Gasteiger partial charge < -0.3 is 0 Å². The van der Waals surface area contributed by atoms with Crippen molar-refractivity contribution in [2.24, 2.45) is 0 Å². The van der Waals surface area contributed by atoms with Crippen LogP contribution >= 0.6 is 0 Å². The lowest BCUT2D eigenvalue weighted by Crippen LogP contribution is -2.08. The largest absolute Gasteiger partial charge is 0.272 e. The minimum Gasteiger partial charge on any atom is -0.267 e. The lowest BCUT2D eigenvalue weighted by atomic mass is 10.1. The quantitative estimate of drug-likeness (QED) is 0.667. The van der Waals surface area contributed by atoms with Crippen molar-refractivity contribution < 1.29 is 4.79 Å². The number of hydrogen-bond acceptors (Lipinski definition) is 3. The van der Waals surface area contributed by atoms with Crippen LogP contribution in [0.3, 0.4) is 0 Å². The fourth-order valence-corrected chi connectivity index (χ4v) is 2.04. The van der Waals surface area contributed by atoms with E-state index in [2.05, 4.69) is 10.3 Å². The number of aromatic nitrogens is 3. The summed E-state index contributed by atoms with van der Waals surface area (Å²) >= 11 is 0. The number of carbonyl (C=O) groups excluding carboxylic acids is 1. The van der Waals surface area contributed by atoms with E-state index in [9.17, 15) is 4.79 Å². The second-order valence-electron chi connectivity index (χ2n) is 4.58. The van der Waals surface area contributed by atoms with Crippen LogP contribution in [0.15, 0.2) is 54.6 Å². The summed E-state index contributed by atoms with van der Waals surface area (Å²) in [6.07, 6.45) is 3.29. The molecule has 3 rings (SSSR count). The molecule has 0 amide bonds. The zero-order valence-corrected chi connectivity index (χ0v) is 11.0. The van der Waals surface area contributed by atoms with Crippen LogP contribution in [-0.4, -0.2) is 20.9 Å². The van der Waals surface area contributed by atoms with E-state index < -0.39 is 0 Å². The molecule has 0 N–H and O–H groups in total. The highest BCUT2D eigenvalue weighted by Gasteiger charge is 2.08. The topological polar surface area (TPSA) is 47.8 Å². The average molecular weight is 263 g/mol. The Balaban J connectivity index is 1.90. The molecule has 2 aromatic carbocycles. The van der Waals surface area contributed by atoms with Gasteiger partial charge in [0, 0.05) is 6.08 Å². The number of para-hydroxylation sites is 1. The number of carbonyl (C=O) groups is 1. The van der Waals surface area contributed by atoms with Crippen LogP contribution < -0.4 is 0 Å². The van der Waals surface area contributed by atoms with E-state index in [0.29, 0.717) is 11.0 Å². The van der Waals surface area contributed by atoms with E-state index in [1.165, 1.54) is 10.8 Å². The number of hydrogen-bond donors (Lipinski definition) is 0. The Bertz CT molecular complexity index is 802.